The average Bonchev–Trinajstić information content (AvgIpc) is 2.60. The smallest absolute Gasteiger partial charge is 0.337 e. The predicted molar refractivity (Wildman–Crippen MR) is 94.5 cm³/mol. The number of methoxy groups -OCH3 is 2. The molecule has 134 valence electrons. The lowest BCUT2D eigenvalue weighted by Crippen LogP contribution is -2.27. The van der Waals surface area contributed by atoms with Gasteiger partial charge in [-0.05, 0) is 31.2 Å². The van der Waals surface area contributed by atoms with E-state index in [1.54, 1.807) is 31.2 Å². The summed E-state index contributed by atoms with van der Waals surface area (Å²) >= 11 is 6.02. The second-order valence-electron chi connectivity index (χ2n) is 5.22. The number of esters is 1. The summed E-state index contributed by atoms with van der Waals surface area (Å²) < 4.78 is 37.8. The third kappa shape index (κ3) is 4.31. The van der Waals surface area contributed by atoms with Crippen molar-refractivity contribution in [3.63, 3.8) is 0 Å². The van der Waals surface area contributed by atoms with E-state index in [2.05, 4.69) is 9.46 Å². The molecule has 2 rings (SSSR count). The molecule has 1 unspecified atom stereocenters. The first kappa shape index (κ1) is 19.2. The van der Waals surface area contributed by atoms with E-state index in [9.17, 15) is 13.2 Å². The topological polar surface area (TPSA) is 81.7 Å². The zero-order valence-corrected chi connectivity index (χ0v) is 15.5. The molecule has 25 heavy (non-hydrogen) atoms. The van der Waals surface area contributed by atoms with Gasteiger partial charge in [0.1, 0.15) is 10.6 Å². The van der Waals surface area contributed by atoms with Crippen molar-refractivity contribution in [2.45, 2.75) is 17.9 Å². The van der Waals surface area contributed by atoms with Gasteiger partial charge in [0.2, 0.25) is 10.0 Å². The number of rotatable bonds is 6. The van der Waals surface area contributed by atoms with Gasteiger partial charge in [-0.2, -0.15) is 0 Å². The molecule has 0 saturated heterocycles. The Bertz CT molecular complexity index is 882. The van der Waals surface area contributed by atoms with Crippen molar-refractivity contribution in [2.75, 3.05) is 14.2 Å². The maximum absolute atomic E-state index is 12.7. The zero-order valence-electron chi connectivity index (χ0n) is 13.9. The number of benzene rings is 2. The molecule has 0 fully saturated rings. The largest absolute Gasteiger partial charge is 0.496 e. The summed E-state index contributed by atoms with van der Waals surface area (Å²) in [6.07, 6.45) is 0. The predicted octanol–water partition coefficient (Wildman–Crippen LogP) is 3.17. The van der Waals surface area contributed by atoms with Crippen LogP contribution in [0.25, 0.3) is 0 Å². The summed E-state index contributed by atoms with van der Waals surface area (Å²) in [5.74, 6) is -0.0852. The first-order valence-corrected chi connectivity index (χ1v) is 9.19. The molecule has 0 amide bonds. The Morgan fingerprint density at radius 1 is 1.16 bits per heavy atom. The van der Waals surface area contributed by atoms with Crippen LogP contribution in [0.4, 0.5) is 0 Å². The number of sulfonamides is 1. The van der Waals surface area contributed by atoms with Crippen LogP contribution < -0.4 is 9.46 Å². The SMILES string of the molecule is COC(=O)c1ccc(Cl)c(S(=O)(=O)NC(C)c2ccccc2OC)c1. The Morgan fingerprint density at radius 3 is 2.48 bits per heavy atom. The van der Waals surface area contributed by atoms with Gasteiger partial charge in [-0.25, -0.2) is 17.9 Å². The van der Waals surface area contributed by atoms with Crippen LogP contribution in [-0.4, -0.2) is 28.6 Å². The van der Waals surface area contributed by atoms with Gasteiger partial charge >= 0.3 is 5.97 Å². The molecule has 0 radical (unpaired) electrons. The van der Waals surface area contributed by atoms with Crippen molar-refractivity contribution in [3.8, 4) is 5.75 Å². The number of para-hydroxylation sites is 1. The highest BCUT2D eigenvalue weighted by molar-refractivity contribution is 7.89. The van der Waals surface area contributed by atoms with Gasteiger partial charge in [0.25, 0.3) is 0 Å². The molecule has 0 aromatic heterocycles. The van der Waals surface area contributed by atoms with E-state index >= 15 is 0 Å². The molecule has 0 bridgehead atoms. The van der Waals surface area contributed by atoms with Gasteiger partial charge in [0.15, 0.2) is 0 Å². The fraction of sp³-hybridized carbons (Fsp3) is 0.235. The Morgan fingerprint density at radius 2 is 1.84 bits per heavy atom. The van der Waals surface area contributed by atoms with Gasteiger partial charge in [0, 0.05) is 11.6 Å². The molecule has 0 spiro atoms. The molecular weight excluding hydrogens is 366 g/mol. The number of hydrogen-bond donors (Lipinski definition) is 1. The van der Waals surface area contributed by atoms with Gasteiger partial charge in [-0.3, -0.25) is 0 Å². The molecular formula is C17H18ClNO5S. The normalized spacial score (nSPS) is 12.5. The molecule has 0 saturated carbocycles. The van der Waals surface area contributed by atoms with Crippen LogP contribution in [0, 0.1) is 0 Å². The molecule has 2 aromatic carbocycles. The highest BCUT2D eigenvalue weighted by Gasteiger charge is 2.24. The van der Waals surface area contributed by atoms with Gasteiger partial charge in [0.05, 0.1) is 24.8 Å². The van der Waals surface area contributed by atoms with Crippen LogP contribution in [-0.2, 0) is 14.8 Å². The second-order valence-corrected chi connectivity index (χ2v) is 7.31. The first-order chi connectivity index (χ1) is 11.8. The minimum atomic E-state index is -3.97. The minimum Gasteiger partial charge on any atom is -0.496 e. The van der Waals surface area contributed by atoms with Crippen LogP contribution in [0.3, 0.4) is 0 Å². The second kappa shape index (κ2) is 7.86. The highest BCUT2D eigenvalue weighted by Crippen LogP contribution is 2.28. The van der Waals surface area contributed by atoms with Crippen LogP contribution in [0.5, 0.6) is 5.75 Å². The lowest BCUT2D eigenvalue weighted by atomic mass is 10.1. The maximum atomic E-state index is 12.7. The molecule has 1 N–H and O–H groups in total. The molecule has 1 atom stereocenters. The highest BCUT2D eigenvalue weighted by atomic mass is 35.5. The third-order valence-corrected chi connectivity index (χ3v) is 5.60. The van der Waals surface area contributed by atoms with Crippen molar-refractivity contribution in [3.05, 3.63) is 58.6 Å². The summed E-state index contributed by atoms with van der Waals surface area (Å²) in [7, 11) is -1.25. The van der Waals surface area contributed by atoms with Crippen molar-refractivity contribution >= 4 is 27.6 Å². The monoisotopic (exact) mass is 383 g/mol. The van der Waals surface area contributed by atoms with Crippen molar-refractivity contribution in [1.82, 2.24) is 4.72 Å². The summed E-state index contributed by atoms with van der Waals surface area (Å²) in [6, 6.07) is 10.4. The standard InChI is InChI=1S/C17H18ClNO5S/c1-11(13-6-4-5-7-15(13)23-2)19-25(21,22)16-10-12(17(20)24-3)8-9-14(16)18/h4-11,19H,1-3H3. The summed E-state index contributed by atoms with van der Waals surface area (Å²) in [5, 5.41) is 0.00683. The van der Waals surface area contributed by atoms with Crippen LogP contribution in [0.15, 0.2) is 47.4 Å². The molecule has 0 aliphatic carbocycles. The van der Waals surface area contributed by atoms with E-state index in [1.807, 2.05) is 0 Å². The quantitative estimate of drug-likeness (QED) is 0.775. The van der Waals surface area contributed by atoms with Gasteiger partial charge < -0.3 is 9.47 Å². The van der Waals surface area contributed by atoms with E-state index in [4.69, 9.17) is 16.3 Å². The molecule has 8 heteroatoms. The van der Waals surface area contributed by atoms with E-state index in [-0.39, 0.29) is 15.5 Å². The van der Waals surface area contributed by atoms with Gasteiger partial charge in [-0.15, -0.1) is 0 Å². The molecule has 0 heterocycles. The van der Waals surface area contributed by atoms with E-state index < -0.39 is 22.0 Å². The Hall–Kier alpha value is -2.09. The fourth-order valence-electron chi connectivity index (χ4n) is 2.34. The van der Waals surface area contributed by atoms with Crippen molar-refractivity contribution < 1.29 is 22.7 Å². The first-order valence-electron chi connectivity index (χ1n) is 7.33. The number of ether oxygens (including phenoxy) is 2. The number of carbonyl (C=O) groups excluding carboxylic acids is 1. The lowest BCUT2D eigenvalue weighted by Gasteiger charge is -2.18. The summed E-state index contributed by atoms with van der Waals surface area (Å²) in [6.45, 7) is 1.69. The number of hydrogen-bond acceptors (Lipinski definition) is 5. The zero-order chi connectivity index (χ0) is 18.6. The third-order valence-electron chi connectivity index (χ3n) is 3.58. The minimum absolute atomic E-state index is 0.00683. The Labute approximate surface area is 151 Å². The molecule has 6 nitrogen and oxygen atoms in total. The Balaban J connectivity index is 2.37. The fourth-order valence-corrected chi connectivity index (χ4v) is 4.09. The maximum Gasteiger partial charge on any atom is 0.337 e. The van der Waals surface area contributed by atoms with E-state index in [0.29, 0.717) is 11.3 Å². The van der Waals surface area contributed by atoms with Crippen LogP contribution in [0.2, 0.25) is 5.02 Å². The molecule has 0 aliphatic heterocycles. The average molecular weight is 384 g/mol. The van der Waals surface area contributed by atoms with Crippen molar-refractivity contribution in [1.29, 1.82) is 0 Å². The summed E-state index contributed by atoms with van der Waals surface area (Å²) in [4.78, 5) is 11.4. The lowest BCUT2D eigenvalue weighted by molar-refractivity contribution is 0.0600. The number of nitrogens with one attached hydrogen (secondary N) is 1. The van der Waals surface area contributed by atoms with Crippen LogP contribution >= 0.6 is 11.6 Å². The van der Waals surface area contributed by atoms with E-state index in [1.165, 1.54) is 32.4 Å². The number of halogens is 1. The Kier molecular flexibility index (Phi) is 6.05. The van der Waals surface area contributed by atoms with E-state index in [0.717, 1.165) is 0 Å². The van der Waals surface area contributed by atoms with Crippen LogP contribution in [0.1, 0.15) is 28.9 Å². The molecule has 0 aliphatic rings. The van der Waals surface area contributed by atoms with Crippen molar-refractivity contribution in [2.24, 2.45) is 0 Å². The van der Waals surface area contributed by atoms with Gasteiger partial charge in [-0.1, -0.05) is 29.8 Å². The summed E-state index contributed by atoms with van der Waals surface area (Å²) in [5.41, 5.74) is 0.769. The molecule has 2 aromatic rings. The number of carbonyl (C=O) groups is 1.